The van der Waals surface area contributed by atoms with Gasteiger partial charge in [-0.1, -0.05) is 0 Å². The molecular weight excluding hydrogens is 216 g/mol. The molecule has 0 saturated heterocycles. The highest BCUT2D eigenvalue weighted by Crippen LogP contribution is 2.08. The summed E-state index contributed by atoms with van der Waals surface area (Å²) >= 11 is 1.31. The summed E-state index contributed by atoms with van der Waals surface area (Å²) < 4.78 is 0. The lowest BCUT2D eigenvalue weighted by Gasteiger charge is -2.23. The fraction of sp³-hybridized carbons (Fsp3) is 0.444. The Bertz CT molecular complexity index is 348. The second-order valence-electron chi connectivity index (χ2n) is 3.29. The van der Waals surface area contributed by atoms with E-state index in [1.165, 1.54) is 16.2 Å². The van der Waals surface area contributed by atoms with Crippen molar-refractivity contribution in [1.82, 2.24) is 9.88 Å². The number of thiazole rings is 1. The predicted octanol–water partition coefficient (Wildman–Crippen LogP) is 1.08. The van der Waals surface area contributed by atoms with Crippen LogP contribution in [-0.2, 0) is 4.79 Å². The van der Waals surface area contributed by atoms with E-state index in [2.05, 4.69) is 4.98 Å². The number of carbonyl (C=O) groups excluding carboxylic acids is 1. The van der Waals surface area contributed by atoms with Crippen LogP contribution in [0.5, 0.6) is 0 Å². The molecule has 1 rings (SSSR count). The van der Waals surface area contributed by atoms with Crippen LogP contribution in [0.4, 0.5) is 0 Å². The number of hydrogen-bond acceptors (Lipinski definition) is 4. The molecule has 0 aliphatic rings. The van der Waals surface area contributed by atoms with Gasteiger partial charge in [0.1, 0.15) is 12.2 Å². The van der Waals surface area contributed by atoms with Gasteiger partial charge in [0.05, 0.1) is 5.51 Å². The minimum Gasteiger partial charge on any atom is -0.480 e. The molecule has 15 heavy (non-hydrogen) atoms. The number of aromatic nitrogens is 1. The highest BCUT2D eigenvalue weighted by Gasteiger charge is 2.22. The molecule has 0 radical (unpaired) electrons. The highest BCUT2D eigenvalue weighted by atomic mass is 32.1. The Kier molecular flexibility index (Phi) is 3.79. The van der Waals surface area contributed by atoms with Gasteiger partial charge < -0.3 is 10.0 Å². The van der Waals surface area contributed by atoms with Crippen molar-refractivity contribution in [3.05, 3.63) is 16.6 Å². The standard InChI is InChI=1S/C9H12N2O3S/c1-6(2)11(3-8(12)13)9(14)7-4-15-5-10-7/h4-6H,3H2,1-2H3,(H,12,13). The molecule has 1 aromatic heterocycles. The highest BCUT2D eigenvalue weighted by molar-refractivity contribution is 7.07. The summed E-state index contributed by atoms with van der Waals surface area (Å²) in [5, 5.41) is 10.3. The average molecular weight is 228 g/mol. The summed E-state index contributed by atoms with van der Waals surface area (Å²) in [5.74, 6) is -1.36. The van der Waals surface area contributed by atoms with E-state index in [1.807, 2.05) is 0 Å². The molecule has 1 amide bonds. The van der Waals surface area contributed by atoms with Gasteiger partial charge in [-0.3, -0.25) is 9.59 Å². The van der Waals surface area contributed by atoms with Crippen molar-refractivity contribution >= 4 is 23.2 Å². The van der Waals surface area contributed by atoms with Crippen molar-refractivity contribution in [2.45, 2.75) is 19.9 Å². The van der Waals surface area contributed by atoms with E-state index in [4.69, 9.17) is 5.11 Å². The summed E-state index contributed by atoms with van der Waals surface area (Å²) in [6.07, 6.45) is 0. The first-order chi connectivity index (χ1) is 7.02. The summed E-state index contributed by atoms with van der Waals surface area (Å²) in [6, 6.07) is -0.157. The number of carboxylic acids is 1. The summed E-state index contributed by atoms with van der Waals surface area (Å²) in [7, 11) is 0. The topological polar surface area (TPSA) is 70.5 Å². The molecule has 6 heteroatoms. The zero-order chi connectivity index (χ0) is 11.4. The van der Waals surface area contributed by atoms with E-state index < -0.39 is 5.97 Å². The summed E-state index contributed by atoms with van der Waals surface area (Å²) in [5.41, 5.74) is 1.85. The molecule has 1 aromatic rings. The Hall–Kier alpha value is -1.43. The number of amides is 1. The van der Waals surface area contributed by atoms with Gasteiger partial charge in [0.2, 0.25) is 0 Å². The molecular formula is C9H12N2O3S. The first-order valence-electron chi connectivity index (χ1n) is 4.43. The monoisotopic (exact) mass is 228 g/mol. The third-order valence-electron chi connectivity index (χ3n) is 1.84. The minimum atomic E-state index is -1.02. The number of carbonyl (C=O) groups is 2. The van der Waals surface area contributed by atoms with Gasteiger partial charge in [0.25, 0.3) is 5.91 Å². The molecule has 0 aromatic carbocycles. The Balaban J connectivity index is 2.81. The normalized spacial score (nSPS) is 10.3. The molecule has 0 atom stereocenters. The lowest BCUT2D eigenvalue weighted by molar-refractivity contribution is -0.138. The van der Waals surface area contributed by atoms with Gasteiger partial charge in [0, 0.05) is 11.4 Å². The van der Waals surface area contributed by atoms with Crippen LogP contribution in [0.2, 0.25) is 0 Å². The Morgan fingerprint density at radius 1 is 1.60 bits per heavy atom. The van der Waals surface area contributed by atoms with E-state index in [-0.39, 0.29) is 18.5 Å². The van der Waals surface area contributed by atoms with Crippen LogP contribution < -0.4 is 0 Å². The van der Waals surface area contributed by atoms with Crippen LogP contribution in [0.3, 0.4) is 0 Å². The quantitative estimate of drug-likeness (QED) is 0.837. The lowest BCUT2D eigenvalue weighted by Crippen LogP contribution is -2.40. The molecule has 5 nitrogen and oxygen atoms in total. The van der Waals surface area contributed by atoms with E-state index in [0.717, 1.165) is 0 Å². The number of aliphatic carboxylic acids is 1. The average Bonchev–Trinajstić information content (AvgIpc) is 2.65. The zero-order valence-corrected chi connectivity index (χ0v) is 9.32. The first-order valence-corrected chi connectivity index (χ1v) is 5.37. The Morgan fingerprint density at radius 2 is 2.27 bits per heavy atom. The molecule has 0 saturated carbocycles. The largest absolute Gasteiger partial charge is 0.480 e. The fourth-order valence-electron chi connectivity index (χ4n) is 1.10. The van der Waals surface area contributed by atoms with Crippen molar-refractivity contribution in [2.24, 2.45) is 0 Å². The van der Waals surface area contributed by atoms with E-state index in [9.17, 15) is 9.59 Å². The van der Waals surface area contributed by atoms with Crippen molar-refractivity contribution < 1.29 is 14.7 Å². The molecule has 0 bridgehead atoms. The van der Waals surface area contributed by atoms with Crippen LogP contribution in [0, 0.1) is 0 Å². The van der Waals surface area contributed by atoms with Crippen molar-refractivity contribution in [1.29, 1.82) is 0 Å². The molecule has 82 valence electrons. The second kappa shape index (κ2) is 4.88. The van der Waals surface area contributed by atoms with Crippen LogP contribution in [0.25, 0.3) is 0 Å². The summed E-state index contributed by atoms with van der Waals surface area (Å²) in [6.45, 7) is 3.24. The predicted molar refractivity (Wildman–Crippen MR) is 55.9 cm³/mol. The smallest absolute Gasteiger partial charge is 0.323 e. The van der Waals surface area contributed by atoms with E-state index in [0.29, 0.717) is 5.69 Å². The Morgan fingerprint density at radius 3 is 2.67 bits per heavy atom. The number of hydrogen-bond donors (Lipinski definition) is 1. The zero-order valence-electron chi connectivity index (χ0n) is 8.51. The molecule has 1 heterocycles. The maximum Gasteiger partial charge on any atom is 0.323 e. The fourth-order valence-corrected chi connectivity index (χ4v) is 1.63. The lowest BCUT2D eigenvalue weighted by atomic mass is 10.3. The van der Waals surface area contributed by atoms with Crippen LogP contribution >= 0.6 is 11.3 Å². The third kappa shape index (κ3) is 3.02. The molecule has 0 aliphatic carbocycles. The van der Waals surface area contributed by atoms with Crippen LogP contribution in [-0.4, -0.2) is 39.5 Å². The van der Waals surface area contributed by atoms with Gasteiger partial charge in [-0.05, 0) is 13.8 Å². The summed E-state index contributed by atoms with van der Waals surface area (Å²) in [4.78, 5) is 27.5. The van der Waals surface area contributed by atoms with Gasteiger partial charge in [-0.15, -0.1) is 11.3 Å². The van der Waals surface area contributed by atoms with Crippen molar-refractivity contribution in [3.8, 4) is 0 Å². The van der Waals surface area contributed by atoms with Crippen molar-refractivity contribution in [3.63, 3.8) is 0 Å². The number of nitrogens with zero attached hydrogens (tertiary/aromatic N) is 2. The van der Waals surface area contributed by atoms with Gasteiger partial charge in [-0.25, -0.2) is 4.98 Å². The van der Waals surface area contributed by atoms with E-state index in [1.54, 1.807) is 24.7 Å². The first kappa shape index (κ1) is 11.6. The van der Waals surface area contributed by atoms with Crippen LogP contribution in [0.15, 0.2) is 10.9 Å². The number of rotatable bonds is 4. The minimum absolute atomic E-state index is 0.157. The molecule has 0 unspecified atom stereocenters. The maximum absolute atomic E-state index is 11.8. The van der Waals surface area contributed by atoms with Gasteiger partial charge >= 0.3 is 5.97 Å². The Labute approximate surface area is 91.4 Å². The molecule has 0 spiro atoms. The molecule has 0 aliphatic heterocycles. The SMILES string of the molecule is CC(C)N(CC(=O)O)C(=O)c1cscn1. The van der Waals surface area contributed by atoms with Crippen molar-refractivity contribution in [2.75, 3.05) is 6.54 Å². The van der Waals surface area contributed by atoms with Gasteiger partial charge in [0.15, 0.2) is 0 Å². The van der Waals surface area contributed by atoms with Gasteiger partial charge in [-0.2, -0.15) is 0 Å². The number of carboxylic acid groups (broad SMARTS) is 1. The molecule has 1 N–H and O–H groups in total. The second-order valence-corrected chi connectivity index (χ2v) is 4.01. The van der Waals surface area contributed by atoms with E-state index >= 15 is 0 Å². The third-order valence-corrected chi connectivity index (χ3v) is 2.43. The molecule has 0 fully saturated rings. The maximum atomic E-state index is 11.8. The van der Waals surface area contributed by atoms with Crippen LogP contribution in [0.1, 0.15) is 24.3 Å².